The first-order chi connectivity index (χ1) is 11.3. The van der Waals surface area contributed by atoms with E-state index in [1.165, 1.54) is 0 Å². The lowest BCUT2D eigenvalue weighted by atomic mass is 10.2. The monoisotopic (exact) mass is 317 g/mol. The van der Waals surface area contributed by atoms with Crippen LogP contribution in [0, 0.1) is 0 Å². The van der Waals surface area contributed by atoms with E-state index in [1.54, 1.807) is 7.11 Å². The number of methoxy groups -OCH3 is 1. The number of hydrogen-bond acceptors (Lipinski definition) is 4. The molecule has 0 radical (unpaired) electrons. The number of urea groups is 1. The van der Waals surface area contributed by atoms with Crippen molar-refractivity contribution in [3.8, 4) is 0 Å². The van der Waals surface area contributed by atoms with Crippen LogP contribution >= 0.6 is 0 Å². The molecule has 3 rings (SSSR count). The van der Waals surface area contributed by atoms with Crippen LogP contribution in [0.4, 0.5) is 4.79 Å². The molecule has 7 heteroatoms. The van der Waals surface area contributed by atoms with Crippen LogP contribution in [0.2, 0.25) is 0 Å². The molecule has 7 nitrogen and oxygen atoms in total. The SMILES string of the molecule is COCCCCNC(=O)N1CCC[C@@H]1c1nnc2ccccn12. The van der Waals surface area contributed by atoms with Gasteiger partial charge in [-0.25, -0.2) is 4.79 Å². The van der Waals surface area contributed by atoms with Gasteiger partial charge in [-0.1, -0.05) is 6.07 Å². The van der Waals surface area contributed by atoms with Gasteiger partial charge in [-0.3, -0.25) is 4.40 Å². The fraction of sp³-hybridized carbons (Fsp3) is 0.562. The van der Waals surface area contributed by atoms with Crippen LogP contribution in [0.3, 0.4) is 0 Å². The molecule has 23 heavy (non-hydrogen) atoms. The maximum Gasteiger partial charge on any atom is 0.318 e. The molecule has 2 amide bonds. The topological polar surface area (TPSA) is 71.8 Å². The van der Waals surface area contributed by atoms with Crippen LogP contribution in [0.15, 0.2) is 24.4 Å². The molecule has 0 aromatic carbocycles. The Kier molecular flexibility index (Phi) is 5.07. The second kappa shape index (κ2) is 7.41. The van der Waals surface area contributed by atoms with E-state index in [2.05, 4.69) is 15.5 Å². The molecule has 0 bridgehead atoms. The first-order valence-corrected chi connectivity index (χ1v) is 8.14. The van der Waals surface area contributed by atoms with Gasteiger partial charge in [-0.2, -0.15) is 0 Å². The first kappa shape index (κ1) is 15.7. The summed E-state index contributed by atoms with van der Waals surface area (Å²) < 4.78 is 6.98. The Morgan fingerprint density at radius 2 is 2.30 bits per heavy atom. The van der Waals surface area contributed by atoms with Crippen molar-refractivity contribution in [1.82, 2.24) is 24.8 Å². The second-order valence-corrected chi connectivity index (χ2v) is 5.77. The van der Waals surface area contributed by atoms with Gasteiger partial charge in [0, 0.05) is 33.0 Å². The minimum atomic E-state index is -0.0161. The van der Waals surface area contributed by atoms with E-state index in [1.807, 2.05) is 33.7 Å². The van der Waals surface area contributed by atoms with E-state index >= 15 is 0 Å². The molecule has 1 aliphatic rings. The summed E-state index contributed by atoms with van der Waals surface area (Å²) in [6, 6.07) is 5.79. The third-order valence-corrected chi connectivity index (χ3v) is 4.20. The molecule has 0 aliphatic carbocycles. The Morgan fingerprint density at radius 1 is 1.39 bits per heavy atom. The van der Waals surface area contributed by atoms with Crippen molar-refractivity contribution in [2.24, 2.45) is 0 Å². The molecular formula is C16H23N5O2. The summed E-state index contributed by atoms with van der Waals surface area (Å²) in [7, 11) is 1.69. The normalized spacial score (nSPS) is 17.8. The lowest BCUT2D eigenvalue weighted by molar-refractivity contribution is 0.184. The Balaban J connectivity index is 1.64. The van der Waals surface area contributed by atoms with Gasteiger partial charge in [0.1, 0.15) is 0 Å². The van der Waals surface area contributed by atoms with Crippen LogP contribution < -0.4 is 5.32 Å². The fourth-order valence-corrected chi connectivity index (χ4v) is 3.03. The molecular weight excluding hydrogens is 294 g/mol. The van der Waals surface area contributed by atoms with Crippen LogP contribution in [-0.4, -0.2) is 52.3 Å². The van der Waals surface area contributed by atoms with Gasteiger partial charge in [0.15, 0.2) is 11.5 Å². The molecule has 124 valence electrons. The van der Waals surface area contributed by atoms with Crippen molar-refractivity contribution in [1.29, 1.82) is 0 Å². The predicted molar refractivity (Wildman–Crippen MR) is 86.2 cm³/mol. The Morgan fingerprint density at radius 3 is 3.17 bits per heavy atom. The number of rotatable bonds is 6. The average molecular weight is 317 g/mol. The summed E-state index contributed by atoms with van der Waals surface area (Å²) in [4.78, 5) is 14.3. The van der Waals surface area contributed by atoms with E-state index < -0.39 is 0 Å². The summed E-state index contributed by atoms with van der Waals surface area (Å²) in [5, 5.41) is 11.5. The molecule has 2 aromatic heterocycles. The number of unbranched alkanes of at least 4 members (excludes halogenated alkanes) is 1. The maximum absolute atomic E-state index is 12.4. The zero-order chi connectivity index (χ0) is 16.1. The second-order valence-electron chi connectivity index (χ2n) is 5.77. The zero-order valence-corrected chi connectivity index (χ0v) is 13.4. The van der Waals surface area contributed by atoms with E-state index in [-0.39, 0.29) is 12.1 Å². The quantitative estimate of drug-likeness (QED) is 0.827. The van der Waals surface area contributed by atoms with Gasteiger partial charge in [-0.15, -0.1) is 10.2 Å². The highest BCUT2D eigenvalue weighted by Crippen LogP contribution is 2.30. The number of likely N-dealkylation sites (tertiary alicyclic amines) is 1. The van der Waals surface area contributed by atoms with Gasteiger partial charge in [0.2, 0.25) is 0 Å². The van der Waals surface area contributed by atoms with Crippen LogP contribution in [-0.2, 0) is 4.74 Å². The molecule has 0 saturated carbocycles. The fourth-order valence-electron chi connectivity index (χ4n) is 3.03. The molecule has 1 N–H and O–H groups in total. The third-order valence-electron chi connectivity index (χ3n) is 4.20. The smallest absolute Gasteiger partial charge is 0.318 e. The van der Waals surface area contributed by atoms with Crippen LogP contribution in [0.1, 0.15) is 37.5 Å². The zero-order valence-electron chi connectivity index (χ0n) is 13.4. The molecule has 2 aromatic rings. The average Bonchev–Trinajstić information content (AvgIpc) is 3.20. The van der Waals surface area contributed by atoms with Crippen molar-refractivity contribution in [2.45, 2.75) is 31.7 Å². The van der Waals surface area contributed by atoms with E-state index in [0.29, 0.717) is 6.54 Å². The van der Waals surface area contributed by atoms with E-state index in [4.69, 9.17) is 4.74 Å². The molecule has 1 saturated heterocycles. The van der Waals surface area contributed by atoms with Crippen LogP contribution in [0.5, 0.6) is 0 Å². The summed E-state index contributed by atoms with van der Waals surface area (Å²) >= 11 is 0. The van der Waals surface area contributed by atoms with Crippen molar-refractivity contribution in [3.05, 3.63) is 30.2 Å². The lowest BCUT2D eigenvalue weighted by Crippen LogP contribution is -2.40. The highest BCUT2D eigenvalue weighted by Gasteiger charge is 2.33. The molecule has 1 atom stereocenters. The van der Waals surface area contributed by atoms with Gasteiger partial charge in [-0.05, 0) is 37.8 Å². The Bertz CT molecular complexity index is 657. The standard InChI is InChI=1S/C16H23N5O2/c1-23-12-5-3-9-17-16(22)20-11-6-7-13(20)15-19-18-14-8-2-4-10-21(14)15/h2,4,8,10,13H,3,5-7,9,11-12H2,1H3,(H,17,22)/t13-/m1/s1. The highest BCUT2D eigenvalue weighted by atomic mass is 16.5. The molecule has 0 spiro atoms. The number of nitrogens with one attached hydrogen (secondary N) is 1. The number of carbonyl (C=O) groups excluding carboxylic acids is 1. The summed E-state index contributed by atoms with van der Waals surface area (Å²) in [5.41, 5.74) is 0.814. The minimum absolute atomic E-state index is 0.00799. The van der Waals surface area contributed by atoms with Crippen molar-refractivity contribution < 1.29 is 9.53 Å². The van der Waals surface area contributed by atoms with E-state index in [9.17, 15) is 4.79 Å². The number of ether oxygens (including phenoxy) is 1. The number of fused-ring (bicyclic) bond motifs is 1. The Labute approximate surface area is 135 Å². The molecule has 1 aliphatic heterocycles. The van der Waals surface area contributed by atoms with Crippen molar-refractivity contribution in [2.75, 3.05) is 26.8 Å². The number of amides is 2. The van der Waals surface area contributed by atoms with Crippen molar-refractivity contribution >= 4 is 11.7 Å². The molecule has 1 fully saturated rings. The number of carbonyl (C=O) groups is 1. The predicted octanol–water partition coefficient (Wildman–Crippen LogP) is 2.00. The van der Waals surface area contributed by atoms with Gasteiger partial charge in [0.25, 0.3) is 0 Å². The number of pyridine rings is 1. The number of hydrogen-bond donors (Lipinski definition) is 1. The lowest BCUT2D eigenvalue weighted by Gasteiger charge is -2.23. The highest BCUT2D eigenvalue weighted by molar-refractivity contribution is 5.75. The number of nitrogens with zero attached hydrogens (tertiary/aromatic N) is 4. The largest absolute Gasteiger partial charge is 0.385 e. The van der Waals surface area contributed by atoms with Gasteiger partial charge >= 0.3 is 6.03 Å². The van der Waals surface area contributed by atoms with Gasteiger partial charge in [0.05, 0.1) is 6.04 Å². The molecule has 0 unspecified atom stereocenters. The third kappa shape index (κ3) is 3.44. The molecule has 3 heterocycles. The van der Waals surface area contributed by atoms with Gasteiger partial charge < -0.3 is 15.0 Å². The van der Waals surface area contributed by atoms with E-state index in [0.717, 1.165) is 50.3 Å². The maximum atomic E-state index is 12.4. The summed E-state index contributed by atoms with van der Waals surface area (Å²) in [5.74, 6) is 0.840. The van der Waals surface area contributed by atoms with Crippen LogP contribution in [0.25, 0.3) is 5.65 Å². The Hall–Kier alpha value is -2.15. The number of aromatic nitrogens is 3. The first-order valence-electron chi connectivity index (χ1n) is 8.14. The summed E-state index contributed by atoms with van der Waals surface area (Å²) in [6.45, 7) is 2.16. The van der Waals surface area contributed by atoms with Crippen molar-refractivity contribution in [3.63, 3.8) is 0 Å². The summed E-state index contributed by atoms with van der Waals surface area (Å²) in [6.07, 6.45) is 5.74. The minimum Gasteiger partial charge on any atom is -0.385 e.